The summed E-state index contributed by atoms with van der Waals surface area (Å²) in [4.78, 5) is 28.7. The molecular weight excluding hydrogens is 510 g/mol. The minimum absolute atomic E-state index is 0.138. The molecule has 0 aliphatic carbocycles. The number of aromatic nitrogens is 1. The molecule has 2 aromatic rings. The summed E-state index contributed by atoms with van der Waals surface area (Å²) in [6.07, 6.45) is 2.42. The van der Waals surface area contributed by atoms with Gasteiger partial charge < -0.3 is 19.8 Å². The summed E-state index contributed by atoms with van der Waals surface area (Å²) in [5.41, 5.74) is -0.326. The van der Waals surface area contributed by atoms with Gasteiger partial charge >= 0.3 is 18.0 Å². The van der Waals surface area contributed by atoms with E-state index in [9.17, 15) is 23.5 Å². The number of hydrogen-bond donors (Lipinski definition) is 2. The summed E-state index contributed by atoms with van der Waals surface area (Å²) < 4.78 is 34.8. The highest BCUT2D eigenvalue weighted by Crippen LogP contribution is 2.34. The molecule has 172 valence electrons. The highest BCUT2D eigenvalue weighted by Gasteiger charge is 2.39. The number of nitrogens with zero attached hydrogens (tertiary/aromatic N) is 2. The molecule has 0 spiro atoms. The van der Waals surface area contributed by atoms with Crippen molar-refractivity contribution in [3.63, 3.8) is 0 Å². The van der Waals surface area contributed by atoms with Gasteiger partial charge in [-0.3, -0.25) is 0 Å². The number of rotatable bonds is 9. The van der Waals surface area contributed by atoms with Crippen LogP contribution in [-0.4, -0.2) is 57.5 Å². The van der Waals surface area contributed by atoms with E-state index >= 15 is 0 Å². The molecule has 1 fully saturated rings. The maximum atomic E-state index is 14.6. The lowest BCUT2D eigenvalue weighted by molar-refractivity contribution is -0.0930. The Kier molecular flexibility index (Phi) is 7.96. The van der Waals surface area contributed by atoms with Crippen LogP contribution in [0, 0.1) is 0 Å². The van der Waals surface area contributed by atoms with Crippen molar-refractivity contribution in [2.24, 2.45) is 0 Å². The van der Waals surface area contributed by atoms with E-state index in [1.807, 2.05) is 0 Å². The summed E-state index contributed by atoms with van der Waals surface area (Å²) in [5, 5.41) is 19.7. The summed E-state index contributed by atoms with van der Waals surface area (Å²) >= 11 is 4.21. The van der Waals surface area contributed by atoms with Crippen LogP contribution in [0.3, 0.4) is 0 Å². The van der Waals surface area contributed by atoms with Gasteiger partial charge in [0.1, 0.15) is 11.0 Å². The van der Waals surface area contributed by atoms with Gasteiger partial charge in [0.25, 0.3) is 0 Å². The highest BCUT2D eigenvalue weighted by atomic mass is 79.9. The molecule has 2 N–H and O–H groups in total. The van der Waals surface area contributed by atoms with Crippen molar-refractivity contribution < 1.29 is 33.3 Å². The van der Waals surface area contributed by atoms with Crippen LogP contribution in [0.1, 0.15) is 33.1 Å². The molecule has 1 amide bonds. The van der Waals surface area contributed by atoms with Crippen LogP contribution >= 0.6 is 27.3 Å². The third-order valence-electron chi connectivity index (χ3n) is 4.92. The topological polar surface area (TPSA) is 100.0 Å². The molecule has 1 aromatic carbocycles. The van der Waals surface area contributed by atoms with E-state index in [1.165, 1.54) is 35.4 Å². The van der Waals surface area contributed by atoms with E-state index in [2.05, 4.69) is 20.9 Å². The van der Waals surface area contributed by atoms with Gasteiger partial charge in [-0.15, -0.1) is 11.3 Å². The Labute approximate surface area is 195 Å². The van der Waals surface area contributed by atoms with Crippen molar-refractivity contribution >= 4 is 39.3 Å². The average molecular weight is 531 g/mol. The van der Waals surface area contributed by atoms with Crippen LogP contribution < -0.4 is 0 Å². The Morgan fingerprint density at radius 2 is 2.25 bits per heavy atom. The van der Waals surface area contributed by atoms with Crippen molar-refractivity contribution in [2.45, 2.75) is 37.3 Å². The van der Waals surface area contributed by atoms with Gasteiger partial charge in [0.05, 0.1) is 23.9 Å². The number of halogens is 3. The van der Waals surface area contributed by atoms with E-state index in [4.69, 9.17) is 9.84 Å². The third kappa shape index (κ3) is 5.90. The van der Waals surface area contributed by atoms with Crippen LogP contribution in [0.25, 0.3) is 0 Å². The average Bonchev–Trinajstić information content (AvgIpc) is 3.23. The summed E-state index contributed by atoms with van der Waals surface area (Å²) in [5.74, 6) is -4.55. The molecule has 2 heterocycles. The number of benzene rings is 1. The first kappa shape index (κ1) is 24.3. The molecular formula is C21H21BrF2N2O5S. The van der Waals surface area contributed by atoms with E-state index in [-0.39, 0.29) is 23.6 Å². The Morgan fingerprint density at radius 1 is 1.47 bits per heavy atom. The largest absolute Gasteiger partial charge is 0.477 e. The molecule has 32 heavy (non-hydrogen) atoms. The second-order valence-corrected chi connectivity index (χ2v) is 9.18. The number of carbonyl (C=O) groups excluding carboxylic acids is 1. The maximum Gasteiger partial charge on any atom is 0.410 e. The zero-order valence-electron chi connectivity index (χ0n) is 16.8. The zero-order valence-corrected chi connectivity index (χ0v) is 19.2. The number of carbonyl (C=O) groups is 2. The van der Waals surface area contributed by atoms with E-state index < -0.39 is 30.1 Å². The number of ether oxygens (including phenoxy) is 1. The number of aliphatic hydroxyl groups excluding tert-OH is 1. The van der Waals surface area contributed by atoms with Gasteiger partial charge in [-0.05, 0) is 18.6 Å². The lowest BCUT2D eigenvalue weighted by Gasteiger charge is -2.33. The van der Waals surface area contributed by atoms with Crippen molar-refractivity contribution in [1.29, 1.82) is 0 Å². The fourth-order valence-corrected chi connectivity index (χ4v) is 4.44. The fourth-order valence-electron chi connectivity index (χ4n) is 3.24. The summed E-state index contributed by atoms with van der Waals surface area (Å²) in [7, 11) is 0. The second-order valence-electron chi connectivity index (χ2n) is 7.15. The van der Waals surface area contributed by atoms with Crippen LogP contribution in [0.15, 0.2) is 47.1 Å². The monoisotopic (exact) mass is 530 g/mol. The fraction of sp³-hybridized carbons (Fsp3) is 0.381. The molecule has 1 aliphatic heterocycles. The number of cyclic esters (lactones) is 1. The van der Waals surface area contributed by atoms with E-state index in [0.29, 0.717) is 28.7 Å². The molecule has 11 heteroatoms. The van der Waals surface area contributed by atoms with Crippen molar-refractivity contribution in [1.82, 2.24) is 9.88 Å². The first-order chi connectivity index (χ1) is 15.2. The highest BCUT2D eigenvalue weighted by molar-refractivity contribution is 9.10. The first-order valence-corrected chi connectivity index (χ1v) is 11.4. The minimum Gasteiger partial charge on any atom is -0.477 e. The predicted molar refractivity (Wildman–Crippen MR) is 117 cm³/mol. The number of aromatic carboxylic acids is 1. The standard InChI is InChI=1S/C21H21BrF2N2O5S/c22-14-4-1-3-13(11-14)21(23,24)17(27)7-6-15-8-10-31-20(30)26(15)9-2-5-18-25-12-16(32-18)19(28)29/h1,3-4,6-7,11-12,15,17,27H,2,5,8-10H2,(H,28,29)/t15-,17+/m0/s1. The van der Waals surface area contributed by atoms with E-state index in [0.717, 1.165) is 17.4 Å². The molecule has 7 nitrogen and oxygen atoms in total. The van der Waals surface area contributed by atoms with Crippen molar-refractivity contribution in [3.05, 3.63) is 62.5 Å². The molecule has 0 unspecified atom stereocenters. The van der Waals surface area contributed by atoms with Gasteiger partial charge in [0, 0.05) is 29.4 Å². The lowest BCUT2D eigenvalue weighted by Crippen LogP contribution is -2.45. The number of aryl methyl sites for hydroxylation is 1. The van der Waals surface area contributed by atoms with Crippen LogP contribution in [-0.2, 0) is 17.1 Å². The quantitative estimate of drug-likeness (QED) is 0.464. The Bertz CT molecular complexity index is 1000. The number of carboxylic acid groups (broad SMARTS) is 1. The van der Waals surface area contributed by atoms with Gasteiger partial charge in [-0.25, -0.2) is 14.6 Å². The summed E-state index contributed by atoms with van der Waals surface area (Å²) in [6, 6.07) is 5.05. The molecule has 1 aromatic heterocycles. The SMILES string of the molecule is O=C(O)c1cnc(CCCN2C(=O)OCC[C@@H]2C=C[C@@H](O)C(F)(F)c2cccc(Br)c2)s1. The third-order valence-corrected chi connectivity index (χ3v) is 6.46. The predicted octanol–water partition coefficient (Wildman–Crippen LogP) is 4.46. The lowest BCUT2D eigenvalue weighted by atomic mass is 10.0. The number of carboxylic acids is 1. The van der Waals surface area contributed by atoms with Gasteiger partial charge in [-0.2, -0.15) is 8.78 Å². The molecule has 0 saturated carbocycles. The normalized spacial score (nSPS) is 18.1. The number of amides is 1. The van der Waals surface area contributed by atoms with Crippen LogP contribution in [0.2, 0.25) is 0 Å². The van der Waals surface area contributed by atoms with Crippen molar-refractivity contribution in [3.8, 4) is 0 Å². The van der Waals surface area contributed by atoms with Gasteiger partial charge in [-0.1, -0.05) is 40.2 Å². The van der Waals surface area contributed by atoms with Crippen LogP contribution in [0.4, 0.5) is 13.6 Å². The second kappa shape index (κ2) is 10.5. The molecule has 2 atom stereocenters. The van der Waals surface area contributed by atoms with Crippen LogP contribution in [0.5, 0.6) is 0 Å². The van der Waals surface area contributed by atoms with Gasteiger partial charge in [0.15, 0.2) is 0 Å². The Morgan fingerprint density at radius 3 is 2.94 bits per heavy atom. The Balaban J connectivity index is 1.63. The number of alkyl halides is 2. The van der Waals surface area contributed by atoms with Crippen molar-refractivity contribution in [2.75, 3.05) is 13.2 Å². The molecule has 3 rings (SSSR count). The minimum atomic E-state index is -3.51. The molecule has 1 saturated heterocycles. The smallest absolute Gasteiger partial charge is 0.410 e. The Hall–Kier alpha value is -2.37. The summed E-state index contributed by atoms with van der Waals surface area (Å²) in [6.45, 7) is 0.421. The number of aliphatic hydroxyl groups is 1. The molecule has 0 radical (unpaired) electrons. The zero-order chi connectivity index (χ0) is 23.3. The first-order valence-electron chi connectivity index (χ1n) is 9.80. The molecule has 0 bridgehead atoms. The molecule has 1 aliphatic rings. The number of hydrogen-bond acceptors (Lipinski definition) is 6. The number of thiazole rings is 1. The van der Waals surface area contributed by atoms with E-state index in [1.54, 1.807) is 6.07 Å². The van der Waals surface area contributed by atoms with Gasteiger partial charge in [0.2, 0.25) is 0 Å². The maximum absolute atomic E-state index is 14.6.